The lowest BCUT2D eigenvalue weighted by Crippen LogP contribution is -2.64. The van der Waals surface area contributed by atoms with Crippen LogP contribution < -0.4 is 0 Å². The van der Waals surface area contributed by atoms with Gasteiger partial charge in [0.25, 0.3) is 0 Å². The molecule has 0 aromatic heterocycles. The highest BCUT2D eigenvalue weighted by molar-refractivity contribution is 6.02. The molecule has 8 atom stereocenters. The molecule has 4 fully saturated rings. The minimum Gasteiger partial charge on any atom is -0.422 e. The number of aliphatic hydroxyl groups excluding tert-OH is 1. The van der Waals surface area contributed by atoms with E-state index in [0.29, 0.717) is 11.5 Å². The largest absolute Gasteiger partial charge is 0.509 e. The van der Waals surface area contributed by atoms with Gasteiger partial charge in [-0.2, -0.15) is 0 Å². The van der Waals surface area contributed by atoms with Gasteiger partial charge < -0.3 is 14.6 Å². The van der Waals surface area contributed by atoms with Gasteiger partial charge in [0.1, 0.15) is 0 Å². The van der Waals surface area contributed by atoms with E-state index in [4.69, 9.17) is 9.47 Å². The van der Waals surface area contributed by atoms with Crippen LogP contribution in [0, 0.1) is 34.5 Å². The van der Waals surface area contributed by atoms with Gasteiger partial charge in [-0.25, -0.2) is 4.79 Å². The maximum atomic E-state index is 13.9. The van der Waals surface area contributed by atoms with Gasteiger partial charge in [0.15, 0.2) is 23.8 Å². The van der Waals surface area contributed by atoms with Crippen molar-refractivity contribution >= 4 is 17.7 Å². The van der Waals surface area contributed by atoms with Crippen molar-refractivity contribution in [3.8, 4) is 0 Å². The van der Waals surface area contributed by atoms with Crippen molar-refractivity contribution in [3.05, 3.63) is 11.6 Å². The highest BCUT2D eigenvalue weighted by Crippen LogP contribution is 2.72. The molecule has 5 rings (SSSR count). The molecule has 26 heavy (non-hydrogen) atoms. The lowest BCUT2D eigenvalue weighted by molar-refractivity contribution is -0.168. The summed E-state index contributed by atoms with van der Waals surface area (Å²) in [5.74, 6) is -0.598. The molecule has 0 unspecified atom stereocenters. The van der Waals surface area contributed by atoms with E-state index in [-0.39, 0.29) is 29.5 Å². The monoisotopic (exact) mass is 360 g/mol. The fourth-order valence-electron chi connectivity index (χ4n) is 7.00. The summed E-state index contributed by atoms with van der Waals surface area (Å²) in [5, 5.41) is 11.0. The fraction of sp³-hybridized carbons (Fsp3) is 0.750. The van der Waals surface area contributed by atoms with Gasteiger partial charge >= 0.3 is 6.16 Å². The van der Waals surface area contributed by atoms with E-state index in [1.807, 2.05) is 13.0 Å². The lowest BCUT2D eigenvalue weighted by Gasteiger charge is -2.45. The summed E-state index contributed by atoms with van der Waals surface area (Å²) >= 11 is 0. The topological polar surface area (TPSA) is 89.9 Å². The number of fused-ring (bicyclic) bond motifs is 3. The van der Waals surface area contributed by atoms with Gasteiger partial charge in [0.2, 0.25) is 5.60 Å². The lowest BCUT2D eigenvalue weighted by atomic mass is 9.59. The molecular weight excluding hydrogens is 336 g/mol. The van der Waals surface area contributed by atoms with Crippen molar-refractivity contribution in [3.63, 3.8) is 0 Å². The molecule has 0 aromatic carbocycles. The van der Waals surface area contributed by atoms with Crippen molar-refractivity contribution in [1.82, 2.24) is 0 Å². The summed E-state index contributed by atoms with van der Waals surface area (Å²) < 4.78 is 10.9. The Morgan fingerprint density at radius 1 is 1.23 bits per heavy atom. The molecule has 1 heterocycles. The number of hydrogen-bond donors (Lipinski definition) is 1. The van der Waals surface area contributed by atoms with Crippen LogP contribution in [-0.2, 0) is 19.1 Å². The molecule has 2 spiro atoms. The SMILES string of the molecule is CC1=C[C@@]23C(=O)[C@@H](CC(=O)[C@@H](O)[C@@]24OC(=O)O[C@@H]14)[C@H]1[C@@H](C[C@H]3C)C1(C)C. The Morgan fingerprint density at radius 3 is 2.62 bits per heavy atom. The number of aliphatic hydroxyl groups is 1. The smallest absolute Gasteiger partial charge is 0.422 e. The van der Waals surface area contributed by atoms with Crippen LogP contribution in [0.15, 0.2) is 11.6 Å². The molecule has 0 radical (unpaired) electrons. The van der Waals surface area contributed by atoms with Crippen LogP contribution in [0.2, 0.25) is 0 Å². The van der Waals surface area contributed by atoms with Crippen molar-refractivity contribution in [1.29, 1.82) is 0 Å². The van der Waals surface area contributed by atoms with Crippen molar-refractivity contribution < 1.29 is 29.0 Å². The normalized spacial score (nSPS) is 53.4. The Balaban J connectivity index is 1.78. The molecule has 0 aromatic rings. The van der Waals surface area contributed by atoms with Crippen LogP contribution in [0.5, 0.6) is 0 Å². The zero-order chi connectivity index (χ0) is 18.8. The Bertz CT molecular complexity index is 796. The number of ketones is 2. The summed E-state index contributed by atoms with van der Waals surface area (Å²) in [5.41, 5.74) is -2.16. The van der Waals surface area contributed by atoms with Gasteiger partial charge in [-0.3, -0.25) is 9.59 Å². The Kier molecular flexibility index (Phi) is 2.79. The number of rotatable bonds is 0. The molecule has 4 aliphatic carbocycles. The molecule has 6 nitrogen and oxygen atoms in total. The zero-order valence-corrected chi connectivity index (χ0v) is 15.4. The molecule has 5 aliphatic rings. The minimum atomic E-state index is -1.66. The Morgan fingerprint density at radius 2 is 1.92 bits per heavy atom. The van der Waals surface area contributed by atoms with Gasteiger partial charge in [0.05, 0.1) is 5.41 Å². The number of carbonyl (C=O) groups excluding carboxylic acids is 3. The predicted octanol–water partition coefficient (Wildman–Crippen LogP) is 2.04. The van der Waals surface area contributed by atoms with Crippen molar-refractivity contribution in [2.75, 3.05) is 0 Å². The second-order valence-corrected chi connectivity index (χ2v) is 9.53. The molecule has 140 valence electrons. The number of ether oxygens (including phenoxy) is 2. The highest BCUT2D eigenvalue weighted by atomic mass is 16.8. The quantitative estimate of drug-likeness (QED) is 0.525. The fourth-order valence-corrected chi connectivity index (χ4v) is 7.00. The van der Waals surface area contributed by atoms with Gasteiger partial charge in [-0.05, 0) is 42.1 Å². The van der Waals surface area contributed by atoms with Crippen LogP contribution in [0.1, 0.15) is 40.5 Å². The second kappa shape index (κ2) is 4.41. The third kappa shape index (κ3) is 1.46. The summed E-state index contributed by atoms with van der Waals surface area (Å²) in [6.45, 7) is 8.06. The average molecular weight is 360 g/mol. The van der Waals surface area contributed by atoms with E-state index in [9.17, 15) is 19.5 Å². The zero-order valence-electron chi connectivity index (χ0n) is 15.4. The number of hydrogen-bond acceptors (Lipinski definition) is 6. The Labute approximate surface area is 151 Å². The molecule has 6 heteroatoms. The predicted molar refractivity (Wildman–Crippen MR) is 88.9 cm³/mol. The molecule has 1 saturated heterocycles. The first-order valence-electron chi connectivity index (χ1n) is 9.43. The summed E-state index contributed by atoms with van der Waals surface area (Å²) in [4.78, 5) is 38.9. The number of carbonyl (C=O) groups is 3. The average Bonchev–Trinajstić information content (AvgIpc) is 2.87. The van der Waals surface area contributed by atoms with Gasteiger partial charge in [-0.15, -0.1) is 0 Å². The summed E-state index contributed by atoms with van der Waals surface area (Å²) in [6, 6.07) is 0. The van der Waals surface area contributed by atoms with Gasteiger partial charge in [0, 0.05) is 12.3 Å². The molecule has 3 saturated carbocycles. The van der Waals surface area contributed by atoms with E-state index in [1.54, 1.807) is 6.92 Å². The third-order valence-electron chi connectivity index (χ3n) is 8.21. The first-order chi connectivity index (χ1) is 12.1. The Hall–Kier alpha value is -1.69. The first kappa shape index (κ1) is 16.5. The second-order valence-electron chi connectivity index (χ2n) is 9.53. The molecule has 2 bridgehead atoms. The summed E-state index contributed by atoms with van der Waals surface area (Å²) in [7, 11) is 0. The summed E-state index contributed by atoms with van der Waals surface area (Å²) in [6.07, 6.45) is -0.705. The van der Waals surface area contributed by atoms with Crippen LogP contribution in [0.4, 0.5) is 4.79 Å². The molecular formula is C20H24O6. The first-order valence-corrected chi connectivity index (χ1v) is 9.43. The van der Waals surface area contributed by atoms with E-state index in [1.165, 1.54) is 0 Å². The molecule has 1 N–H and O–H groups in total. The maximum Gasteiger partial charge on any atom is 0.509 e. The molecule has 0 amide bonds. The van der Waals surface area contributed by atoms with E-state index < -0.39 is 41.1 Å². The van der Waals surface area contributed by atoms with Gasteiger partial charge in [-0.1, -0.05) is 26.8 Å². The maximum absolute atomic E-state index is 13.9. The van der Waals surface area contributed by atoms with Crippen molar-refractivity contribution in [2.45, 2.75) is 58.3 Å². The standard InChI is InChI=1S/C20H24O6/c1-8-7-19-9(2)5-11-13(18(11,3)4)10(14(19)22)6-12(21)15(23)20(19)16(8)25-17(24)26-20/h7,9-11,13,15-16,23H,5-6H2,1-4H3/t9-,10+,11-,13+,15-,16+,19-,20+/m1/s1. The molecule has 1 aliphatic heterocycles. The third-order valence-corrected chi connectivity index (χ3v) is 8.21. The van der Waals surface area contributed by atoms with Crippen LogP contribution >= 0.6 is 0 Å². The minimum absolute atomic E-state index is 0.0119. The van der Waals surface area contributed by atoms with E-state index in [2.05, 4.69) is 13.8 Å². The van der Waals surface area contributed by atoms with Crippen LogP contribution in [-0.4, -0.2) is 40.6 Å². The highest BCUT2D eigenvalue weighted by Gasteiger charge is 2.81. The van der Waals surface area contributed by atoms with Crippen LogP contribution in [0.25, 0.3) is 0 Å². The van der Waals surface area contributed by atoms with Crippen LogP contribution in [0.3, 0.4) is 0 Å². The van der Waals surface area contributed by atoms with E-state index >= 15 is 0 Å². The van der Waals surface area contributed by atoms with E-state index in [0.717, 1.165) is 6.42 Å². The number of Topliss-reactive ketones (excluding diaryl/α,β-unsaturated/α-hetero) is 2. The van der Waals surface area contributed by atoms with Crippen molar-refractivity contribution in [2.24, 2.45) is 34.5 Å².